The summed E-state index contributed by atoms with van der Waals surface area (Å²) in [5, 5.41) is 0. The third kappa shape index (κ3) is 7.49. The highest BCUT2D eigenvalue weighted by Gasteiger charge is 2.29. The molecule has 14 heavy (non-hydrogen) atoms. The van der Waals surface area contributed by atoms with Gasteiger partial charge in [0.05, 0.1) is 0 Å². The van der Waals surface area contributed by atoms with Crippen molar-refractivity contribution in [1.29, 1.82) is 0 Å². The monoisotopic (exact) mass is 234 g/mol. The van der Waals surface area contributed by atoms with Crippen LogP contribution in [-0.4, -0.2) is 32.7 Å². The van der Waals surface area contributed by atoms with E-state index >= 15 is 0 Å². The van der Waals surface area contributed by atoms with Crippen molar-refractivity contribution in [2.24, 2.45) is 0 Å². The van der Waals surface area contributed by atoms with Gasteiger partial charge in [-0.1, -0.05) is 19.9 Å². The molecular weight excluding hydrogens is 208 g/mol. The third-order valence-electron chi connectivity index (χ3n) is 1.74. The van der Waals surface area contributed by atoms with Crippen LogP contribution in [-0.2, 0) is 8.85 Å². The normalized spacial score (nSPS) is 10.8. The lowest BCUT2D eigenvalue weighted by atomic mass is 10.5. The summed E-state index contributed by atoms with van der Waals surface area (Å²) in [5.41, 5.74) is 0. The SMILES string of the molecule is C=CC[Si](C)(OCCC)OCCC.[SiH4]. The van der Waals surface area contributed by atoms with Crippen LogP contribution in [0.2, 0.25) is 12.6 Å². The lowest BCUT2D eigenvalue weighted by Crippen LogP contribution is -2.38. The molecule has 0 unspecified atom stereocenters. The first kappa shape index (κ1) is 16.5. The van der Waals surface area contributed by atoms with E-state index in [1.165, 1.54) is 0 Å². The van der Waals surface area contributed by atoms with E-state index in [1.807, 2.05) is 6.08 Å². The van der Waals surface area contributed by atoms with Gasteiger partial charge in [-0.25, -0.2) is 0 Å². The Morgan fingerprint density at radius 3 is 1.86 bits per heavy atom. The Kier molecular flexibility index (Phi) is 11.4. The summed E-state index contributed by atoms with van der Waals surface area (Å²) in [5.74, 6) is 0. The van der Waals surface area contributed by atoms with E-state index < -0.39 is 8.56 Å². The minimum absolute atomic E-state index is 0. The Labute approximate surface area is 94.0 Å². The van der Waals surface area contributed by atoms with Gasteiger partial charge in [-0.3, -0.25) is 0 Å². The maximum Gasteiger partial charge on any atom is 0.338 e. The predicted molar refractivity (Wildman–Crippen MR) is 70.4 cm³/mol. The molecule has 0 aliphatic rings. The van der Waals surface area contributed by atoms with Gasteiger partial charge >= 0.3 is 8.56 Å². The van der Waals surface area contributed by atoms with Crippen LogP contribution in [0.4, 0.5) is 0 Å². The lowest BCUT2D eigenvalue weighted by Gasteiger charge is -2.25. The third-order valence-corrected chi connectivity index (χ3v) is 4.40. The molecule has 0 aliphatic heterocycles. The second kappa shape index (κ2) is 9.64. The number of allylic oxidation sites excluding steroid dienone is 1. The Bertz CT molecular complexity index is 132. The second-order valence-electron chi connectivity index (χ2n) is 3.32. The molecule has 0 aromatic rings. The van der Waals surface area contributed by atoms with Gasteiger partial charge in [0.25, 0.3) is 0 Å². The van der Waals surface area contributed by atoms with E-state index in [1.54, 1.807) is 0 Å². The molecule has 0 N–H and O–H groups in total. The van der Waals surface area contributed by atoms with Crippen LogP contribution < -0.4 is 0 Å². The van der Waals surface area contributed by atoms with Crippen LogP contribution in [0.3, 0.4) is 0 Å². The highest BCUT2D eigenvalue weighted by atomic mass is 28.4. The molecule has 0 saturated carbocycles. The molecule has 0 bridgehead atoms. The molecule has 0 aliphatic carbocycles. The molecule has 4 heteroatoms. The molecule has 86 valence electrons. The number of hydrogen-bond acceptors (Lipinski definition) is 2. The maximum atomic E-state index is 5.77. The minimum atomic E-state index is -1.91. The molecule has 0 amide bonds. The summed E-state index contributed by atoms with van der Waals surface area (Å²) in [6.45, 7) is 11.7. The van der Waals surface area contributed by atoms with Gasteiger partial charge in [0.15, 0.2) is 0 Å². The van der Waals surface area contributed by atoms with Crippen molar-refractivity contribution >= 4 is 19.5 Å². The smallest absolute Gasteiger partial charge is 0.338 e. The highest BCUT2D eigenvalue weighted by molar-refractivity contribution is 6.66. The zero-order chi connectivity index (χ0) is 10.2. The van der Waals surface area contributed by atoms with Crippen molar-refractivity contribution < 1.29 is 8.85 Å². The van der Waals surface area contributed by atoms with Crippen LogP contribution in [0.25, 0.3) is 0 Å². The van der Waals surface area contributed by atoms with Crippen LogP contribution in [0, 0.1) is 0 Å². The molecule has 0 spiro atoms. The fraction of sp³-hybridized carbons (Fsp3) is 0.800. The second-order valence-corrected chi connectivity index (χ2v) is 6.58. The molecular formula is C10H26O2Si2. The van der Waals surface area contributed by atoms with Crippen LogP contribution >= 0.6 is 0 Å². The van der Waals surface area contributed by atoms with Gasteiger partial charge in [0.1, 0.15) is 0 Å². The number of rotatable bonds is 8. The van der Waals surface area contributed by atoms with Crippen molar-refractivity contribution in [3.05, 3.63) is 12.7 Å². The molecule has 0 fully saturated rings. The van der Waals surface area contributed by atoms with Gasteiger partial charge < -0.3 is 8.85 Å². The predicted octanol–water partition coefficient (Wildman–Crippen LogP) is 1.65. The van der Waals surface area contributed by atoms with E-state index in [2.05, 4.69) is 27.0 Å². The van der Waals surface area contributed by atoms with Crippen LogP contribution in [0.15, 0.2) is 12.7 Å². The van der Waals surface area contributed by atoms with Crippen molar-refractivity contribution in [2.75, 3.05) is 13.2 Å². The van der Waals surface area contributed by atoms with Gasteiger partial charge in [0, 0.05) is 19.3 Å². The van der Waals surface area contributed by atoms with E-state index in [0.29, 0.717) is 0 Å². The molecule has 2 nitrogen and oxygen atoms in total. The van der Waals surface area contributed by atoms with E-state index in [0.717, 1.165) is 32.1 Å². The zero-order valence-corrected chi connectivity index (χ0v) is 10.1. The first-order valence-electron chi connectivity index (χ1n) is 5.07. The minimum Gasteiger partial charge on any atom is -0.394 e. The summed E-state index contributed by atoms with van der Waals surface area (Å²) in [7, 11) is -1.91. The Morgan fingerprint density at radius 2 is 1.57 bits per heavy atom. The number of hydrogen-bond donors (Lipinski definition) is 0. The van der Waals surface area contributed by atoms with Crippen LogP contribution in [0.5, 0.6) is 0 Å². The van der Waals surface area contributed by atoms with Crippen molar-refractivity contribution in [3.8, 4) is 0 Å². The van der Waals surface area contributed by atoms with E-state index in [4.69, 9.17) is 8.85 Å². The molecule has 0 radical (unpaired) electrons. The van der Waals surface area contributed by atoms with Gasteiger partial charge in [-0.15, -0.1) is 6.58 Å². The zero-order valence-electron chi connectivity index (χ0n) is 9.14. The summed E-state index contributed by atoms with van der Waals surface area (Å²) >= 11 is 0. The topological polar surface area (TPSA) is 18.5 Å². The molecule has 0 aromatic carbocycles. The van der Waals surface area contributed by atoms with Crippen molar-refractivity contribution in [3.63, 3.8) is 0 Å². The maximum absolute atomic E-state index is 5.77. The Morgan fingerprint density at radius 1 is 1.14 bits per heavy atom. The first-order chi connectivity index (χ1) is 6.18. The largest absolute Gasteiger partial charge is 0.394 e. The van der Waals surface area contributed by atoms with Crippen molar-refractivity contribution in [2.45, 2.75) is 39.3 Å². The fourth-order valence-electron chi connectivity index (χ4n) is 1.06. The molecule has 0 atom stereocenters. The van der Waals surface area contributed by atoms with Gasteiger partial charge in [-0.2, -0.15) is 0 Å². The average Bonchev–Trinajstić information content (AvgIpc) is 2.12. The summed E-state index contributed by atoms with van der Waals surface area (Å²) < 4.78 is 11.5. The summed E-state index contributed by atoms with van der Waals surface area (Å²) in [6, 6.07) is 0.882. The average molecular weight is 234 g/mol. The van der Waals surface area contributed by atoms with Crippen LogP contribution in [0.1, 0.15) is 26.7 Å². The van der Waals surface area contributed by atoms with Gasteiger partial charge in [-0.05, 0) is 30.4 Å². The lowest BCUT2D eigenvalue weighted by molar-refractivity contribution is 0.176. The fourth-order valence-corrected chi connectivity index (χ4v) is 3.17. The first-order valence-corrected chi connectivity index (χ1v) is 7.59. The molecule has 0 aromatic heterocycles. The van der Waals surface area contributed by atoms with Crippen molar-refractivity contribution in [1.82, 2.24) is 0 Å². The molecule has 0 saturated heterocycles. The Hall–Kier alpha value is 0.0938. The Balaban J connectivity index is 0. The summed E-state index contributed by atoms with van der Waals surface area (Å²) in [4.78, 5) is 0. The standard InChI is InChI=1S/C10H22O2Si.H4Si/c1-5-8-11-13(4,10-7-3)12-9-6-2;/h7H,3,5-6,8-10H2,1-2,4H3;1H4. The molecule has 0 heterocycles. The highest BCUT2D eigenvalue weighted by Crippen LogP contribution is 2.14. The van der Waals surface area contributed by atoms with E-state index in [-0.39, 0.29) is 11.0 Å². The summed E-state index contributed by atoms with van der Waals surface area (Å²) in [6.07, 6.45) is 4.00. The molecule has 0 rings (SSSR count). The van der Waals surface area contributed by atoms with E-state index in [9.17, 15) is 0 Å². The van der Waals surface area contributed by atoms with Gasteiger partial charge in [0.2, 0.25) is 0 Å². The quantitative estimate of drug-likeness (QED) is 0.470.